The Morgan fingerprint density at radius 3 is 2.28 bits per heavy atom. The van der Waals surface area contributed by atoms with Crippen molar-refractivity contribution in [1.82, 2.24) is 5.32 Å². The zero-order valence-corrected chi connectivity index (χ0v) is 11.2. The maximum Gasteiger partial charge on any atom is 0.246 e. The van der Waals surface area contributed by atoms with Gasteiger partial charge in [-0.25, -0.2) is 0 Å². The fraction of sp³-hybridized carbons (Fsp3) is 0.500. The van der Waals surface area contributed by atoms with Crippen LogP contribution in [-0.2, 0) is 22.7 Å². The Morgan fingerprint density at radius 1 is 1.22 bits per heavy atom. The second-order valence-corrected chi connectivity index (χ2v) is 5.15. The maximum absolute atomic E-state index is 11.5. The highest BCUT2D eigenvalue weighted by Gasteiger charge is 2.12. The Hall–Kier alpha value is -1.39. The monoisotopic (exact) mass is 251 g/mol. The molecule has 0 unspecified atom stereocenters. The van der Waals surface area contributed by atoms with Crippen LogP contribution < -0.4 is 5.32 Å². The molecule has 1 aromatic carbocycles. The number of carbonyl (C=O) groups is 1. The van der Waals surface area contributed by atoms with Crippen LogP contribution in [-0.4, -0.2) is 23.2 Å². The molecule has 18 heavy (non-hydrogen) atoms. The van der Waals surface area contributed by atoms with E-state index in [9.17, 15) is 4.79 Å². The molecule has 1 rings (SSSR count). The van der Waals surface area contributed by atoms with Crippen molar-refractivity contribution in [3.8, 4) is 0 Å². The van der Waals surface area contributed by atoms with Crippen LogP contribution in [0.5, 0.6) is 0 Å². The lowest BCUT2D eigenvalue weighted by Gasteiger charge is -2.19. The zero-order valence-electron chi connectivity index (χ0n) is 11.2. The average molecular weight is 251 g/mol. The number of rotatable bonds is 5. The molecule has 0 fully saturated rings. The summed E-state index contributed by atoms with van der Waals surface area (Å²) in [4.78, 5) is 11.5. The summed E-state index contributed by atoms with van der Waals surface area (Å²) in [6.07, 6.45) is 0. The molecule has 4 heteroatoms. The number of hydrogen-bond donors (Lipinski definition) is 2. The quantitative estimate of drug-likeness (QED) is 0.836. The summed E-state index contributed by atoms with van der Waals surface area (Å²) in [6.45, 7) is 6.30. The fourth-order valence-electron chi connectivity index (χ4n) is 1.30. The SMILES string of the molecule is CC(C)(C)OCC(=O)NCc1ccc(CO)cc1. The van der Waals surface area contributed by atoms with Crippen molar-refractivity contribution in [2.24, 2.45) is 0 Å². The molecule has 0 aliphatic carbocycles. The van der Waals surface area contributed by atoms with Gasteiger partial charge in [0.1, 0.15) is 6.61 Å². The van der Waals surface area contributed by atoms with E-state index < -0.39 is 0 Å². The van der Waals surface area contributed by atoms with Crippen LogP contribution in [0.4, 0.5) is 0 Å². The highest BCUT2D eigenvalue weighted by Crippen LogP contribution is 2.06. The molecule has 0 aliphatic rings. The second-order valence-electron chi connectivity index (χ2n) is 5.15. The van der Waals surface area contributed by atoms with Crippen LogP contribution in [0.25, 0.3) is 0 Å². The summed E-state index contributed by atoms with van der Waals surface area (Å²) in [6, 6.07) is 7.45. The second kappa shape index (κ2) is 6.52. The van der Waals surface area contributed by atoms with Gasteiger partial charge in [0.05, 0.1) is 12.2 Å². The highest BCUT2D eigenvalue weighted by molar-refractivity contribution is 5.77. The summed E-state index contributed by atoms with van der Waals surface area (Å²) < 4.78 is 5.37. The Morgan fingerprint density at radius 2 is 1.78 bits per heavy atom. The first kappa shape index (κ1) is 14.7. The molecule has 0 radical (unpaired) electrons. The molecule has 4 nitrogen and oxygen atoms in total. The van der Waals surface area contributed by atoms with Gasteiger partial charge in [0, 0.05) is 6.54 Å². The van der Waals surface area contributed by atoms with Crippen LogP contribution in [0.2, 0.25) is 0 Å². The minimum atomic E-state index is -0.305. The lowest BCUT2D eigenvalue weighted by atomic mass is 10.1. The molecule has 0 atom stereocenters. The van der Waals surface area contributed by atoms with E-state index >= 15 is 0 Å². The van der Waals surface area contributed by atoms with Gasteiger partial charge in [0.15, 0.2) is 0 Å². The molecule has 100 valence electrons. The van der Waals surface area contributed by atoms with Crippen molar-refractivity contribution in [2.75, 3.05) is 6.61 Å². The van der Waals surface area contributed by atoms with Gasteiger partial charge < -0.3 is 15.2 Å². The number of carbonyl (C=O) groups excluding carboxylic acids is 1. The predicted molar refractivity (Wildman–Crippen MR) is 69.9 cm³/mol. The number of aliphatic hydroxyl groups is 1. The zero-order chi connectivity index (χ0) is 13.6. The van der Waals surface area contributed by atoms with Gasteiger partial charge >= 0.3 is 0 Å². The molecule has 0 bridgehead atoms. The standard InChI is InChI=1S/C14H21NO3/c1-14(2,3)18-10-13(17)15-8-11-4-6-12(9-16)7-5-11/h4-7,16H,8-10H2,1-3H3,(H,15,17). The maximum atomic E-state index is 11.5. The van der Waals surface area contributed by atoms with E-state index in [-0.39, 0.29) is 24.7 Å². The van der Waals surface area contributed by atoms with Crippen molar-refractivity contribution in [2.45, 2.75) is 39.5 Å². The van der Waals surface area contributed by atoms with Crippen LogP contribution in [0, 0.1) is 0 Å². The largest absolute Gasteiger partial charge is 0.392 e. The first-order valence-corrected chi connectivity index (χ1v) is 6.00. The Labute approximate surface area is 108 Å². The van der Waals surface area contributed by atoms with E-state index in [1.807, 2.05) is 45.0 Å². The third-order valence-corrected chi connectivity index (χ3v) is 2.33. The normalized spacial score (nSPS) is 11.3. The predicted octanol–water partition coefficient (Wildman–Crippen LogP) is 1.61. The van der Waals surface area contributed by atoms with Crippen molar-refractivity contribution in [1.29, 1.82) is 0 Å². The lowest BCUT2D eigenvalue weighted by molar-refractivity contribution is -0.130. The van der Waals surface area contributed by atoms with Gasteiger partial charge in [-0.05, 0) is 31.9 Å². The summed E-state index contributed by atoms with van der Waals surface area (Å²) >= 11 is 0. The summed E-state index contributed by atoms with van der Waals surface area (Å²) in [5, 5.41) is 11.7. The molecule has 0 heterocycles. The first-order chi connectivity index (χ1) is 8.40. The smallest absolute Gasteiger partial charge is 0.246 e. The Kier molecular flexibility index (Phi) is 5.31. The number of ether oxygens (including phenoxy) is 1. The van der Waals surface area contributed by atoms with E-state index in [2.05, 4.69) is 5.32 Å². The van der Waals surface area contributed by atoms with Gasteiger partial charge in [-0.15, -0.1) is 0 Å². The molecule has 0 spiro atoms. The number of benzene rings is 1. The molecule has 0 aliphatic heterocycles. The topological polar surface area (TPSA) is 58.6 Å². The lowest BCUT2D eigenvalue weighted by Crippen LogP contribution is -2.31. The summed E-state index contributed by atoms with van der Waals surface area (Å²) in [7, 11) is 0. The molecular weight excluding hydrogens is 230 g/mol. The molecule has 1 amide bonds. The van der Waals surface area contributed by atoms with Gasteiger partial charge in [-0.3, -0.25) is 4.79 Å². The van der Waals surface area contributed by atoms with E-state index in [0.29, 0.717) is 6.54 Å². The van der Waals surface area contributed by atoms with Gasteiger partial charge in [0.2, 0.25) is 5.91 Å². The van der Waals surface area contributed by atoms with Crippen molar-refractivity contribution in [3.05, 3.63) is 35.4 Å². The molecule has 1 aromatic rings. The third kappa shape index (κ3) is 5.80. The van der Waals surface area contributed by atoms with Crippen molar-refractivity contribution in [3.63, 3.8) is 0 Å². The van der Waals surface area contributed by atoms with Crippen LogP contribution >= 0.6 is 0 Å². The van der Waals surface area contributed by atoms with E-state index in [4.69, 9.17) is 9.84 Å². The van der Waals surface area contributed by atoms with Crippen LogP contribution in [0.3, 0.4) is 0 Å². The molecule has 0 saturated heterocycles. The van der Waals surface area contributed by atoms with Crippen molar-refractivity contribution >= 4 is 5.91 Å². The highest BCUT2D eigenvalue weighted by atomic mass is 16.5. The Bertz CT molecular complexity index is 379. The Balaban J connectivity index is 2.33. The van der Waals surface area contributed by atoms with E-state index in [1.165, 1.54) is 0 Å². The van der Waals surface area contributed by atoms with Gasteiger partial charge in [-0.1, -0.05) is 24.3 Å². The third-order valence-electron chi connectivity index (χ3n) is 2.33. The van der Waals surface area contributed by atoms with Gasteiger partial charge in [-0.2, -0.15) is 0 Å². The fourth-order valence-corrected chi connectivity index (χ4v) is 1.30. The number of nitrogens with one attached hydrogen (secondary N) is 1. The minimum Gasteiger partial charge on any atom is -0.392 e. The van der Waals surface area contributed by atoms with E-state index in [1.54, 1.807) is 0 Å². The van der Waals surface area contributed by atoms with Crippen LogP contribution in [0.1, 0.15) is 31.9 Å². The molecule has 2 N–H and O–H groups in total. The number of aliphatic hydroxyl groups excluding tert-OH is 1. The molecular formula is C14H21NO3. The van der Waals surface area contributed by atoms with Crippen LogP contribution in [0.15, 0.2) is 24.3 Å². The number of hydrogen-bond acceptors (Lipinski definition) is 3. The summed E-state index contributed by atoms with van der Waals surface area (Å²) in [5.74, 6) is -0.129. The molecule has 0 aromatic heterocycles. The van der Waals surface area contributed by atoms with E-state index in [0.717, 1.165) is 11.1 Å². The van der Waals surface area contributed by atoms with Gasteiger partial charge in [0.25, 0.3) is 0 Å². The minimum absolute atomic E-state index is 0.0338. The first-order valence-electron chi connectivity index (χ1n) is 6.00. The van der Waals surface area contributed by atoms with Crippen molar-refractivity contribution < 1.29 is 14.6 Å². The summed E-state index contributed by atoms with van der Waals surface area (Å²) in [5.41, 5.74) is 1.55. The molecule has 0 saturated carbocycles. The number of amides is 1. The average Bonchev–Trinajstić information content (AvgIpc) is 2.33.